The minimum absolute atomic E-state index is 0.130. The Morgan fingerprint density at radius 1 is 1.44 bits per heavy atom. The van der Waals surface area contributed by atoms with Gasteiger partial charge in [-0.25, -0.2) is 8.42 Å². The van der Waals surface area contributed by atoms with Crippen molar-refractivity contribution in [3.8, 4) is 5.75 Å². The third kappa shape index (κ3) is 5.21. The summed E-state index contributed by atoms with van der Waals surface area (Å²) < 4.78 is 37.2. The lowest BCUT2D eigenvalue weighted by molar-refractivity contribution is -0.113. The topological polar surface area (TPSA) is 84.9 Å². The SMILES string of the molecule is C=CCSCC(=O)Nc1ccc(S(=O)(=O)N2CCOCC2)cc1OC. The van der Waals surface area contributed by atoms with Crippen molar-refractivity contribution in [2.24, 2.45) is 0 Å². The highest BCUT2D eigenvalue weighted by Crippen LogP contribution is 2.29. The molecule has 0 unspecified atom stereocenters. The molecule has 1 aliphatic rings. The summed E-state index contributed by atoms with van der Waals surface area (Å²) in [6, 6.07) is 4.44. The Labute approximate surface area is 152 Å². The van der Waals surface area contributed by atoms with Crippen LogP contribution in [0.15, 0.2) is 35.7 Å². The zero-order valence-corrected chi connectivity index (χ0v) is 15.7. The van der Waals surface area contributed by atoms with E-state index in [9.17, 15) is 13.2 Å². The van der Waals surface area contributed by atoms with E-state index in [0.717, 1.165) is 0 Å². The minimum Gasteiger partial charge on any atom is -0.495 e. The molecule has 1 amide bonds. The Hall–Kier alpha value is -1.55. The molecule has 25 heavy (non-hydrogen) atoms. The second-order valence-electron chi connectivity index (χ2n) is 5.23. The van der Waals surface area contributed by atoms with Crippen LogP contribution in [0.5, 0.6) is 5.75 Å². The highest BCUT2D eigenvalue weighted by molar-refractivity contribution is 8.00. The van der Waals surface area contributed by atoms with Crippen LogP contribution < -0.4 is 10.1 Å². The predicted octanol–water partition coefficient (Wildman–Crippen LogP) is 1.57. The number of hydrogen-bond acceptors (Lipinski definition) is 6. The minimum atomic E-state index is -3.61. The summed E-state index contributed by atoms with van der Waals surface area (Å²) in [6.07, 6.45) is 1.73. The van der Waals surface area contributed by atoms with E-state index in [1.54, 1.807) is 12.1 Å². The highest BCUT2D eigenvalue weighted by Gasteiger charge is 2.27. The second-order valence-corrected chi connectivity index (χ2v) is 8.20. The molecular weight excluding hydrogens is 364 g/mol. The summed E-state index contributed by atoms with van der Waals surface area (Å²) in [4.78, 5) is 12.1. The zero-order valence-electron chi connectivity index (χ0n) is 14.1. The first-order valence-electron chi connectivity index (χ1n) is 7.73. The molecule has 138 valence electrons. The fourth-order valence-corrected chi connectivity index (χ4v) is 4.26. The molecule has 0 saturated carbocycles. The van der Waals surface area contributed by atoms with Crippen molar-refractivity contribution in [3.63, 3.8) is 0 Å². The molecule has 1 heterocycles. The van der Waals surface area contributed by atoms with Gasteiger partial charge in [-0.15, -0.1) is 18.3 Å². The van der Waals surface area contributed by atoms with Crippen LogP contribution >= 0.6 is 11.8 Å². The van der Waals surface area contributed by atoms with E-state index in [2.05, 4.69) is 11.9 Å². The largest absolute Gasteiger partial charge is 0.495 e. The Morgan fingerprint density at radius 2 is 2.16 bits per heavy atom. The van der Waals surface area contributed by atoms with Crippen molar-refractivity contribution < 1.29 is 22.7 Å². The molecule has 1 aliphatic heterocycles. The standard InChI is InChI=1S/C16H22N2O5S2/c1-3-10-24-12-16(19)17-14-5-4-13(11-15(14)22-2)25(20,21)18-6-8-23-9-7-18/h3-5,11H,1,6-10,12H2,2H3,(H,17,19). The molecule has 1 aromatic rings. The number of anilines is 1. The van der Waals surface area contributed by atoms with Crippen LogP contribution in [-0.4, -0.2) is 63.5 Å². The van der Waals surface area contributed by atoms with Gasteiger partial charge in [0.15, 0.2) is 0 Å². The Morgan fingerprint density at radius 3 is 2.80 bits per heavy atom. The van der Waals surface area contributed by atoms with Crippen molar-refractivity contribution in [2.45, 2.75) is 4.90 Å². The molecule has 0 spiro atoms. The number of nitrogens with one attached hydrogen (secondary N) is 1. The molecule has 1 aromatic carbocycles. The zero-order chi connectivity index (χ0) is 18.3. The van der Waals surface area contributed by atoms with Crippen molar-refractivity contribution in [3.05, 3.63) is 30.9 Å². The van der Waals surface area contributed by atoms with E-state index in [0.29, 0.717) is 43.5 Å². The van der Waals surface area contributed by atoms with Crippen molar-refractivity contribution in [1.82, 2.24) is 4.31 Å². The van der Waals surface area contributed by atoms with Crippen LogP contribution in [0.25, 0.3) is 0 Å². The van der Waals surface area contributed by atoms with Gasteiger partial charge >= 0.3 is 0 Å². The maximum atomic E-state index is 12.7. The van der Waals surface area contributed by atoms with Crippen LogP contribution in [0.2, 0.25) is 0 Å². The maximum absolute atomic E-state index is 12.7. The molecule has 0 radical (unpaired) electrons. The molecule has 0 aromatic heterocycles. The number of methoxy groups -OCH3 is 1. The van der Waals surface area contributed by atoms with Crippen LogP contribution in [-0.2, 0) is 19.6 Å². The number of hydrogen-bond donors (Lipinski definition) is 1. The number of thioether (sulfide) groups is 1. The Kier molecular flexibility index (Phi) is 7.30. The highest BCUT2D eigenvalue weighted by atomic mass is 32.2. The third-order valence-corrected chi connectivity index (χ3v) is 6.36. The van der Waals surface area contributed by atoms with E-state index in [4.69, 9.17) is 9.47 Å². The van der Waals surface area contributed by atoms with Gasteiger partial charge in [-0.05, 0) is 12.1 Å². The van der Waals surface area contributed by atoms with E-state index >= 15 is 0 Å². The fourth-order valence-electron chi connectivity index (χ4n) is 2.29. The molecule has 7 nitrogen and oxygen atoms in total. The number of carbonyl (C=O) groups excluding carboxylic acids is 1. The van der Waals surface area contributed by atoms with Crippen LogP contribution in [0, 0.1) is 0 Å². The summed E-state index contributed by atoms with van der Waals surface area (Å²) in [7, 11) is -2.18. The number of sulfonamides is 1. The van der Waals surface area contributed by atoms with Crippen molar-refractivity contribution in [1.29, 1.82) is 0 Å². The van der Waals surface area contributed by atoms with Gasteiger partial charge in [-0.3, -0.25) is 4.79 Å². The van der Waals surface area contributed by atoms with Gasteiger partial charge in [0.2, 0.25) is 15.9 Å². The summed E-state index contributed by atoms with van der Waals surface area (Å²) in [6.45, 7) is 5.01. The summed E-state index contributed by atoms with van der Waals surface area (Å²) in [5.41, 5.74) is 0.438. The summed E-state index contributed by atoms with van der Waals surface area (Å²) in [5, 5.41) is 2.73. The van der Waals surface area contributed by atoms with Crippen molar-refractivity contribution in [2.75, 3.05) is 50.2 Å². The van der Waals surface area contributed by atoms with E-state index in [1.807, 2.05) is 0 Å². The van der Waals surface area contributed by atoms with Gasteiger partial charge in [-0.1, -0.05) is 6.08 Å². The molecular formula is C16H22N2O5S2. The van der Waals surface area contributed by atoms with E-state index in [1.165, 1.54) is 35.3 Å². The van der Waals surface area contributed by atoms with Crippen LogP contribution in [0.4, 0.5) is 5.69 Å². The van der Waals surface area contributed by atoms with Crippen molar-refractivity contribution >= 4 is 33.4 Å². The number of rotatable bonds is 8. The van der Waals surface area contributed by atoms with E-state index < -0.39 is 10.0 Å². The second kappa shape index (κ2) is 9.23. The maximum Gasteiger partial charge on any atom is 0.243 e. The lowest BCUT2D eigenvalue weighted by atomic mass is 10.3. The van der Waals surface area contributed by atoms with Crippen LogP contribution in [0.1, 0.15) is 0 Å². The van der Waals surface area contributed by atoms with Gasteiger partial charge in [0.25, 0.3) is 0 Å². The smallest absolute Gasteiger partial charge is 0.243 e. The Bertz CT molecular complexity index is 715. The number of ether oxygens (including phenoxy) is 2. The molecule has 9 heteroatoms. The lowest BCUT2D eigenvalue weighted by Crippen LogP contribution is -2.40. The molecule has 0 bridgehead atoms. The average Bonchev–Trinajstić information content (AvgIpc) is 2.63. The number of benzene rings is 1. The molecule has 1 saturated heterocycles. The molecule has 1 N–H and O–H groups in total. The monoisotopic (exact) mass is 386 g/mol. The molecule has 0 aliphatic carbocycles. The third-order valence-electron chi connectivity index (χ3n) is 3.52. The van der Waals surface area contributed by atoms with Gasteiger partial charge in [0.1, 0.15) is 5.75 Å². The number of carbonyl (C=O) groups is 1. The molecule has 2 rings (SSSR count). The van der Waals surface area contributed by atoms with Gasteiger partial charge < -0.3 is 14.8 Å². The summed E-state index contributed by atoms with van der Waals surface area (Å²) in [5.74, 6) is 1.08. The first kappa shape index (κ1) is 19.8. The first-order chi connectivity index (χ1) is 12.0. The average molecular weight is 386 g/mol. The summed E-state index contributed by atoms with van der Waals surface area (Å²) >= 11 is 1.43. The first-order valence-corrected chi connectivity index (χ1v) is 10.3. The molecule has 0 atom stereocenters. The van der Waals surface area contributed by atoms with Gasteiger partial charge in [0, 0.05) is 24.9 Å². The molecule has 1 fully saturated rings. The lowest BCUT2D eigenvalue weighted by Gasteiger charge is -2.26. The predicted molar refractivity (Wildman–Crippen MR) is 98.7 cm³/mol. The number of nitrogens with zero attached hydrogens (tertiary/aromatic N) is 1. The number of amides is 1. The quantitative estimate of drug-likeness (QED) is 0.539. The van der Waals surface area contributed by atoms with E-state index in [-0.39, 0.29) is 16.6 Å². The van der Waals surface area contributed by atoms with Gasteiger partial charge in [0.05, 0.1) is 36.7 Å². The normalized spacial score (nSPS) is 15.6. The van der Waals surface area contributed by atoms with Crippen LogP contribution in [0.3, 0.4) is 0 Å². The number of morpholine rings is 1. The fraction of sp³-hybridized carbons (Fsp3) is 0.438. The van der Waals surface area contributed by atoms with Gasteiger partial charge in [-0.2, -0.15) is 4.31 Å². The Balaban J connectivity index is 2.15.